The molecule has 2 atom stereocenters. The molecule has 0 heterocycles. The predicted molar refractivity (Wildman–Crippen MR) is 452 cm³/mol. The topological polar surface area (TPSA) is 111 Å². The van der Waals surface area contributed by atoms with Crippen LogP contribution in [0, 0.1) is 0 Å². The van der Waals surface area contributed by atoms with Gasteiger partial charge < -0.3 is 33.3 Å². The second-order valence-electron chi connectivity index (χ2n) is 27.6. The van der Waals surface area contributed by atoms with Gasteiger partial charge >= 0.3 is 11.9 Å². The Labute approximate surface area is 643 Å². The summed E-state index contributed by atoms with van der Waals surface area (Å²) in [4.78, 5) is 37.6. The molecule has 0 saturated heterocycles. The number of carbonyl (C=O) groups is 3. The number of rotatable bonds is 73. The van der Waals surface area contributed by atoms with E-state index in [-0.39, 0.29) is 38.6 Å². The number of hydrogen-bond acceptors (Lipinski definition) is 8. The molecule has 0 rings (SSSR count). The van der Waals surface area contributed by atoms with E-state index in [0.717, 1.165) is 167 Å². The van der Waals surface area contributed by atoms with Gasteiger partial charge in [-0.1, -0.05) is 347 Å². The molecule has 0 spiro atoms. The van der Waals surface area contributed by atoms with Crippen LogP contribution < -0.4 is 5.11 Å². The summed E-state index contributed by atoms with van der Waals surface area (Å²) in [5, 5.41) is 11.9. The van der Waals surface area contributed by atoms with Crippen molar-refractivity contribution in [2.75, 3.05) is 47.5 Å². The molecule has 0 N–H and O–H groups in total. The van der Waals surface area contributed by atoms with Crippen LogP contribution in [0.15, 0.2) is 243 Å². The average molecular weight is 1450 g/mol. The van der Waals surface area contributed by atoms with Crippen LogP contribution in [0.4, 0.5) is 0 Å². The maximum atomic E-state index is 13.0. The van der Waals surface area contributed by atoms with E-state index in [1.165, 1.54) is 83.5 Å². The smallest absolute Gasteiger partial charge is 0.306 e. The quantitative estimate of drug-likeness (QED) is 0.0195. The summed E-state index contributed by atoms with van der Waals surface area (Å²) in [7, 11) is 5.91. The van der Waals surface area contributed by atoms with E-state index < -0.39 is 24.3 Å². The van der Waals surface area contributed by atoms with Crippen LogP contribution in [0.2, 0.25) is 0 Å². The van der Waals surface area contributed by atoms with Gasteiger partial charge in [0.15, 0.2) is 12.4 Å². The van der Waals surface area contributed by atoms with Crippen molar-refractivity contribution in [3.05, 3.63) is 243 Å². The number of allylic oxidation sites excluding steroid dienone is 40. The van der Waals surface area contributed by atoms with E-state index in [2.05, 4.69) is 257 Å². The number of unbranched alkanes of at least 4 members (excludes halogenated alkanes) is 18. The summed E-state index contributed by atoms with van der Waals surface area (Å²) in [6.45, 7) is 4.45. The SMILES string of the molecule is CC/C=C\C/C=C\C/C=C\C/C=C\C/C=C\C/C=C\C/C=C\C/C=C\C/C=C\C/C=C\C/C=C\C/C=C\CCCCC(=O)OC(COC(=O)CCCCCCCCCCCCCCCCCC/C=C\C/C=C\C/C=C\C/C=C\C/C=C\C/C=C\C/C=C\C/C=C\CC)COC(OCC[N+](C)(C)C)C(=O)[O-]. The molecule has 0 aromatic heterocycles. The number of carboxylic acid groups (broad SMARTS) is 1. The zero-order valence-corrected chi connectivity index (χ0v) is 67.0. The van der Waals surface area contributed by atoms with Gasteiger partial charge in [0.1, 0.15) is 13.2 Å². The zero-order valence-electron chi connectivity index (χ0n) is 67.0. The first-order valence-corrected chi connectivity index (χ1v) is 41.2. The summed E-state index contributed by atoms with van der Waals surface area (Å²) in [6.07, 6.45) is 130. The van der Waals surface area contributed by atoms with Crippen molar-refractivity contribution in [2.24, 2.45) is 0 Å². The molecular weight excluding hydrogens is 1300 g/mol. The van der Waals surface area contributed by atoms with E-state index in [1.807, 2.05) is 21.1 Å². The van der Waals surface area contributed by atoms with E-state index in [9.17, 15) is 19.5 Å². The molecular formula is C96H149NO8. The fraction of sp³-hybridized carbons (Fsp3) is 0.552. The lowest BCUT2D eigenvalue weighted by atomic mass is 10.0. The van der Waals surface area contributed by atoms with Gasteiger partial charge in [-0.05, 0) is 167 Å². The number of hydrogen-bond donors (Lipinski definition) is 0. The van der Waals surface area contributed by atoms with Crippen LogP contribution in [-0.4, -0.2) is 82.3 Å². The third-order valence-corrected chi connectivity index (χ3v) is 16.6. The van der Waals surface area contributed by atoms with Crippen LogP contribution in [-0.2, 0) is 33.3 Å². The van der Waals surface area contributed by atoms with Gasteiger partial charge in [0.2, 0.25) is 0 Å². The van der Waals surface area contributed by atoms with Crippen molar-refractivity contribution in [1.29, 1.82) is 0 Å². The number of likely N-dealkylation sites (N-methyl/N-ethyl adjacent to an activating group) is 1. The minimum absolute atomic E-state index is 0.127. The molecule has 2 unspecified atom stereocenters. The average Bonchev–Trinajstić information content (AvgIpc) is 1.97. The lowest BCUT2D eigenvalue weighted by Gasteiger charge is -2.26. The van der Waals surface area contributed by atoms with Crippen molar-refractivity contribution in [3.63, 3.8) is 0 Å². The highest BCUT2D eigenvalue weighted by Gasteiger charge is 2.22. The first-order chi connectivity index (χ1) is 51.6. The van der Waals surface area contributed by atoms with E-state index in [0.29, 0.717) is 17.4 Å². The van der Waals surface area contributed by atoms with Crippen LogP contribution in [0.1, 0.15) is 284 Å². The molecule has 0 radical (unpaired) electrons. The Morgan fingerprint density at radius 3 is 0.781 bits per heavy atom. The lowest BCUT2D eigenvalue weighted by molar-refractivity contribution is -0.870. The van der Waals surface area contributed by atoms with Crippen molar-refractivity contribution >= 4 is 17.9 Å². The second-order valence-corrected chi connectivity index (χ2v) is 27.6. The number of nitrogens with zero attached hydrogens (tertiary/aromatic N) is 1. The van der Waals surface area contributed by atoms with Crippen molar-refractivity contribution in [1.82, 2.24) is 0 Å². The number of carboxylic acids is 1. The largest absolute Gasteiger partial charge is 0.545 e. The monoisotopic (exact) mass is 1440 g/mol. The molecule has 0 aliphatic heterocycles. The van der Waals surface area contributed by atoms with Crippen molar-refractivity contribution in [2.45, 2.75) is 296 Å². The highest BCUT2D eigenvalue weighted by molar-refractivity contribution is 5.70. The zero-order chi connectivity index (χ0) is 76.0. The number of ether oxygens (including phenoxy) is 4. The maximum Gasteiger partial charge on any atom is 0.306 e. The molecule has 0 bridgehead atoms. The predicted octanol–water partition coefficient (Wildman–Crippen LogP) is 25.8. The Bertz CT molecular complexity index is 2640. The number of quaternary nitrogens is 1. The fourth-order valence-electron chi connectivity index (χ4n) is 10.4. The summed E-state index contributed by atoms with van der Waals surface area (Å²) in [5.41, 5.74) is 0. The number of aliphatic carboxylic acids is 1. The first kappa shape index (κ1) is 98.1. The molecule has 0 fully saturated rings. The van der Waals surface area contributed by atoms with Gasteiger partial charge in [0, 0.05) is 12.8 Å². The van der Waals surface area contributed by atoms with Crippen molar-refractivity contribution < 1.29 is 42.9 Å². The highest BCUT2D eigenvalue weighted by Crippen LogP contribution is 2.16. The van der Waals surface area contributed by atoms with E-state index in [4.69, 9.17) is 18.9 Å². The van der Waals surface area contributed by atoms with Crippen LogP contribution in [0.25, 0.3) is 0 Å². The maximum absolute atomic E-state index is 13.0. The minimum Gasteiger partial charge on any atom is -0.545 e. The molecule has 9 heteroatoms. The molecule has 105 heavy (non-hydrogen) atoms. The summed E-state index contributed by atoms with van der Waals surface area (Å²) < 4.78 is 22.8. The molecule has 0 aromatic rings. The third-order valence-electron chi connectivity index (χ3n) is 16.6. The van der Waals surface area contributed by atoms with Gasteiger partial charge in [-0.3, -0.25) is 9.59 Å². The molecule has 0 saturated carbocycles. The molecule has 0 amide bonds. The lowest BCUT2D eigenvalue weighted by Crippen LogP contribution is -2.44. The molecule has 9 nitrogen and oxygen atoms in total. The first-order valence-electron chi connectivity index (χ1n) is 41.2. The molecule has 0 aromatic carbocycles. The second kappa shape index (κ2) is 82.7. The van der Waals surface area contributed by atoms with E-state index >= 15 is 0 Å². The fourth-order valence-corrected chi connectivity index (χ4v) is 10.4. The number of carbonyl (C=O) groups excluding carboxylic acids is 3. The van der Waals surface area contributed by atoms with Crippen LogP contribution in [0.5, 0.6) is 0 Å². The normalized spacial score (nSPS) is 14.0. The van der Waals surface area contributed by atoms with Gasteiger partial charge in [0.05, 0.1) is 40.3 Å². The Hall–Kier alpha value is -6.91. The minimum atomic E-state index is -1.65. The van der Waals surface area contributed by atoms with Gasteiger partial charge in [0.25, 0.3) is 0 Å². The van der Waals surface area contributed by atoms with Crippen molar-refractivity contribution in [3.8, 4) is 0 Å². The Morgan fingerprint density at radius 2 is 0.514 bits per heavy atom. The molecule has 0 aliphatic rings. The summed E-state index contributed by atoms with van der Waals surface area (Å²) in [5.74, 6) is -2.36. The third kappa shape index (κ3) is 84.2. The van der Waals surface area contributed by atoms with Crippen LogP contribution >= 0.6 is 0 Å². The van der Waals surface area contributed by atoms with Gasteiger partial charge in [-0.15, -0.1) is 0 Å². The Kier molecular flexibility index (Phi) is 77.3. The Morgan fingerprint density at radius 1 is 0.286 bits per heavy atom. The summed E-state index contributed by atoms with van der Waals surface area (Å²) in [6, 6.07) is 0. The number of esters is 2. The highest BCUT2D eigenvalue weighted by atomic mass is 16.7. The Balaban J connectivity index is 4.18. The van der Waals surface area contributed by atoms with Crippen LogP contribution in [0.3, 0.4) is 0 Å². The standard InChI is InChI=1S/C96H149NO8/c1-6-8-10-12-14-16-18-20-22-24-26-28-30-32-34-36-38-40-42-44-46-47-49-50-52-54-56-58-60-62-64-66-68-70-72-74-76-78-80-82-84-86-93(98)103-90-92(91-104-96(95(100)101)102-89-88-97(3,4)5)105-94(99)87-85-83-81-79-77-75-73-71-69-67-65-63-61-59-57-55-53-51-48-45-43-41-39-37-35-33-31-29-27-25-23-21-19-17-15-13-11-9-7-2/h8-11,14-17,20-23,26-29,32-35,38-41,44-46,48-50,53,55,59,61,65,67,71,73,77,79,92,96H,6-7,12-13,18-19,24-25,30-31,36-37,42-43,47,51-52,54,56-58,60,62-64,66,68-70,72,74-76,78,80-91H2,1-5H3/b10-8-,11-9-,16-14-,17-15-,22-20-,23-21-,28-26-,29-27-,34-32-,35-33-,40-38-,41-39-,46-44-,48-45-,50-49-,55-53-,61-59-,67-65-,73-71-,79-77-. The summed E-state index contributed by atoms with van der Waals surface area (Å²) >= 11 is 0. The van der Waals surface area contributed by atoms with Gasteiger partial charge in [-0.2, -0.15) is 0 Å². The molecule has 0 aliphatic carbocycles. The molecule has 586 valence electrons. The van der Waals surface area contributed by atoms with E-state index in [1.54, 1.807) is 0 Å². The van der Waals surface area contributed by atoms with Gasteiger partial charge in [-0.25, -0.2) is 0 Å².